The molecule has 41 heavy (non-hydrogen) atoms. The molecular formula is C29H28F3N3O5S. The molecule has 0 bridgehead atoms. The van der Waals surface area contributed by atoms with Gasteiger partial charge >= 0.3 is 11.9 Å². The van der Waals surface area contributed by atoms with E-state index in [2.05, 4.69) is 0 Å². The van der Waals surface area contributed by atoms with Gasteiger partial charge in [-0.2, -0.15) is 13.2 Å². The first-order chi connectivity index (χ1) is 19.2. The number of aromatic hydroxyl groups is 1. The SMILES string of the molecule is CN(C)c1ccc(C(c2c(O)n(C)c(=O)n(C)c2=O)C(c2ccc(C(F)(F)F)cc2)S(=O)(=O)c2ccccc2)cc1. The standard InChI is InChI=1S/C29H28F3N3O5S/c1-33(2)21-16-12-18(13-17-21)23(24-26(36)34(3)28(38)35(4)27(24)37)25(41(39,40)22-8-6-5-7-9-22)19-10-14-20(15-11-19)29(30,31)32/h5-17,23,25,36H,1-4H3. The minimum atomic E-state index is -4.67. The number of sulfone groups is 1. The average Bonchev–Trinajstić information content (AvgIpc) is 2.94. The number of alkyl halides is 3. The van der Waals surface area contributed by atoms with E-state index in [0.717, 1.165) is 39.1 Å². The van der Waals surface area contributed by atoms with Crippen LogP contribution in [0.3, 0.4) is 0 Å². The molecule has 216 valence electrons. The van der Waals surface area contributed by atoms with Crippen LogP contribution in [0.2, 0.25) is 0 Å². The summed E-state index contributed by atoms with van der Waals surface area (Å²) >= 11 is 0. The van der Waals surface area contributed by atoms with Gasteiger partial charge in [-0.05, 0) is 47.5 Å². The molecule has 0 aliphatic carbocycles. The second-order valence-corrected chi connectivity index (χ2v) is 11.9. The zero-order chi connectivity index (χ0) is 30.3. The van der Waals surface area contributed by atoms with Gasteiger partial charge in [0.1, 0.15) is 5.25 Å². The van der Waals surface area contributed by atoms with Crippen LogP contribution >= 0.6 is 0 Å². The molecule has 8 nitrogen and oxygen atoms in total. The molecule has 0 saturated heterocycles. The first-order valence-electron chi connectivity index (χ1n) is 12.4. The first kappa shape index (κ1) is 29.7. The van der Waals surface area contributed by atoms with Crippen LogP contribution in [0.15, 0.2) is 93.3 Å². The lowest BCUT2D eigenvalue weighted by Crippen LogP contribution is -2.40. The Hall–Kier alpha value is -4.32. The summed E-state index contributed by atoms with van der Waals surface area (Å²) in [4.78, 5) is 27.8. The Balaban J connectivity index is 2.13. The largest absolute Gasteiger partial charge is 0.494 e. The minimum absolute atomic E-state index is 0.0427. The van der Waals surface area contributed by atoms with Crippen LogP contribution in [0.5, 0.6) is 5.88 Å². The quantitative estimate of drug-likeness (QED) is 0.348. The fourth-order valence-corrected chi connectivity index (χ4v) is 6.77. The fraction of sp³-hybridized carbons (Fsp3) is 0.241. The summed E-state index contributed by atoms with van der Waals surface area (Å²) in [6, 6.07) is 17.5. The average molecular weight is 588 g/mol. The summed E-state index contributed by atoms with van der Waals surface area (Å²) < 4.78 is 70.5. The molecule has 2 unspecified atom stereocenters. The molecule has 3 aromatic carbocycles. The van der Waals surface area contributed by atoms with Gasteiger partial charge in [0.25, 0.3) is 5.56 Å². The van der Waals surface area contributed by atoms with Crippen molar-refractivity contribution in [2.45, 2.75) is 22.2 Å². The third-order valence-electron chi connectivity index (χ3n) is 7.02. The van der Waals surface area contributed by atoms with Crippen molar-refractivity contribution in [2.24, 2.45) is 14.1 Å². The molecule has 4 aromatic rings. The van der Waals surface area contributed by atoms with Crippen molar-refractivity contribution in [3.8, 4) is 5.88 Å². The Morgan fingerprint density at radius 1 is 0.805 bits per heavy atom. The van der Waals surface area contributed by atoms with Crippen molar-refractivity contribution in [3.05, 3.63) is 122 Å². The van der Waals surface area contributed by atoms with E-state index in [4.69, 9.17) is 0 Å². The van der Waals surface area contributed by atoms with E-state index in [1.807, 2.05) is 0 Å². The number of anilines is 1. The maximum atomic E-state index is 14.3. The molecule has 1 heterocycles. The molecule has 1 aromatic heterocycles. The minimum Gasteiger partial charge on any atom is -0.494 e. The molecule has 4 rings (SSSR count). The summed E-state index contributed by atoms with van der Waals surface area (Å²) in [5.41, 5.74) is -2.16. The second-order valence-electron chi connectivity index (χ2n) is 9.81. The van der Waals surface area contributed by atoms with E-state index in [1.54, 1.807) is 49.3 Å². The Bertz CT molecular complexity index is 1780. The normalized spacial score (nSPS) is 13.5. The van der Waals surface area contributed by atoms with E-state index in [9.17, 15) is 36.3 Å². The summed E-state index contributed by atoms with van der Waals surface area (Å²) in [6.45, 7) is 0. The maximum absolute atomic E-state index is 14.3. The summed E-state index contributed by atoms with van der Waals surface area (Å²) in [5.74, 6) is -2.18. The lowest BCUT2D eigenvalue weighted by Gasteiger charge is -2.29. The molecular weight excluding hydrogens is 559 g/mol. The number of hydrogen-bond acceptors (Lipinski definition) is 6. The number of nitrogens with zero attached hydrogens (tertiary/aromatic N) is 3. The van der Waals surface area contributed by atoms with Gasteiger partial charge in [-0.3, -0.25) is 13.9 Å². The number of aromatic nitrogens is 2. The van der Waals surface area contributed by atoms with Gasteiger partial charge < -0.3 is 10.0 Å². The highest BCUT2D eigenvalue weighted by atomic mass is 32.2. The lowest BCUT2D eigenvalue weighted by atomic mass is 9.85. The van der Waals surface area contributed by atoms with Gasteiger partial charge in [0.15, 0.2) is 9.84 Å². The Morgan fingerprint density at radius 2 is 1.34 bits per heavy atom. The van der Waals surface area contributed by atoms with Crippen molar-refractivity contribution in [1.82, 2.24) is 9.13 Å². The second kappa shape index (κ2) is 10.9. The topological polar surface area (TPSA) is 102 Å². The monoisotopic (exact) mass is 587 g/mol. The molecule has 0 amide bonds. The van der Waals surface area contributed by atoms with Crippen LogP contribution in [0, 0.1) is 0 Å². The molecule has 1 N–H and O–H groups in total. The molecule has 0 spiro atoms. The van der Waals surface area contributed by atoms with Gasteiger partial charge in [-0.25, -0.2) is 13.2 Å². The summed E-state index contributed by atoms with van der Waals surface area (Å²) in [6.07, 6.45) is -4.67. The summed E-state index contributed by atoms with van der Waals surface area (Å²) in [5, 5.41) is 9.47. The van der Waals surface area contributed by atoms with Crippen LogP contribution in [-0.2, 0) is 30.1 Å². The van der Waals surface area contributed by atoms with E-state index in [-0.39, 0.29) is 16.0 Å². The first-order valence-corrected chi connectivity index (χ1v) is 13.9. The van der Waals surface area contributed by atoms with E-state index < -0.39 is 55.4 Å². The Labute approximate surface area is 234 Å². The van der Waals surface area contributed by atoms with Crippen molar-refractivity contribution in [3.63, 3.8) is 0 Å². The highest BCUT2D eigenvalue weighted by Crippen LogP contribution is 2.46. The van der Waals surface area contributed by atoms with Gasteiger partial charge in [-0.1, -0.05) is 42.5 Å². The zero-order valence-electron chi connectivity index (χ0n) is 22.6. The van der Waals surface area contributed by atoms with Gasteiger partial charge in [0.05, 0.1) is 16.0 Å². The number of halogens is 3. The highest BCUT2D eigenvalue weighted by molar-refractivity contribution is 7.91. The number of rotatable bonds is 7. The van der Waals surface area contributed by atoms with Crippen LogP contribution in [0.1, 0.15) is 33.4 Å². The van der Waals surface area contributed by atoms with Gasteiger partial charge in [-0.15, -0.1) is 0 Å². The summed E-state index contributed by atoms with van der Waals surface area (Å²) in [7, 11) is 1.58. The number of benzene rings is 3. The highest BCUT2D eigenvalue weighted by Gasteiger charge is 2.42. The van der Waals surface area contributed by atoms with Crippen molar-refractivity contribution in [1.29, 1.82) is 0 Å². The molecule has 2 atom stereocenters. The molecule has 0 fully saturated rings. The Kier molecular flexibility index (Phi) is 7.90. The zero-order valence-corrected chi connectivity index (χ0v) is 23.4. The van der Waals surface area contributed by atoms with Crippen LogP contribution < -0.4 is 16.1 Å². The third-order valence-corrected chi connectivity index (χ3v) is 9.16. The fourth-order valence-electron chi connectivity index (χ4n) is 4.77. The van der Waals surface area contributed by atoms with Gasteiger partial charge in [0.2, 0.25) is 5.88 Å². The van der Waals surface area contributed by atoms with Crippen LogP contribution in [-0.4, -0.2) is 36.8 Å². The van der Waals surface area contributed by atoms with Crippen LogP contribution in [0.25, 0.3) is 0 Å². The van der Waals surface area contributed by atoms with Crippen molar-refractivity contribution in [2.75, 3.05) is 19.0 Å². The molecule has 0 aliphatic rings. The molecule has 0 saturated carbocycles. The lowest BCUT2D eigenvalue weighted by molar-refractivity contribution is -0.137. The van der Waals surface area contributed by atoms with Crippen LogP contribution in [0.4, 0.5) is 18.9 Å². The van der Waals surface area contributed by atoms with E-state index in [0.29, 0.717) is 0 Å². The predicted molar refractivity (Wildman–Crippen MR) is 149 cm³/mol. The smallest absolute Gasteiger partial charge is 0.416 e. The van der Waals surface area contributed by atoms with E-state index >= 15 is 0 Å². The molecule has 12 heteroatoms. The van der Waals surface area contributed by atoms with Crippen molar-refractivity contribution < 1.29 is 26.7 Å². The maximum Gasteiger partial charge on any atom is 0.416 e. The van der Waals surface area contributed by atoms with Gasteiger partial charge in [0, 0.05) is 39.8 Å². The van der Waals surface area contributed by atoms with E-state index in [1.165, 1.54) is 38.4 Å². The molecule has 0 aliphatic heterocycles. The third kappa shape index (κ3) is 5.51. The Morgan fingerprint density at radius 3 is 1.85 bits per heavy atom. The number of hydrogen-bond donors (Lipinski definition) is 1. The predicted octanol–water partition coefficient (Wildman–Crippen LogP) is 4.22. The molecule has 0 radical (unpaired) electrons. The van der Waals surface area contributed by atoms with Crippen molar-refractivity contribution >= 4 is 15.5 Å².